The zero-order valence-corrected chi connectivity index (χ0v) is 15.3. The number of amides is 1. The summed E-state index contributed by atoms with van der Waals surface area (Å²) < 4.78 is 11.9. The monoisotopic (exact) mass is 365 g/mol. The maximum atomic E-state index is 12.9. The topological polar surface area (TPSA) is 45.7 Å². The first kappa shape index (κ1) is 16.1. The fourth-order valence-corrected chi connectivity index (χ4v) is 5.07. The van der Waals surface area contributed by atoms with E-state index in [0.717, 1.165) is 28.7 Å². The van der Waals surface area contributed by atoms with E-state index in [0.29, 0.717) is 17.8 Å². The minimum atomic E-state index is -0.193. The highest BCUT2D eigenvalue weighted by Gasteiger charge is 2.41. The molecule has 2 bridgehead atoms. The lowest BCUT2D eigenvalue weighted by Crippen LogP contribution is -2.47. The molecule has 0 aliphatic carbocycles. The second-order valence-corrected chi connectivity index (χ2v) is 7.85. The molecule has 0 spiro atoms. The highest BCUT2D eigenvalue weighted by Crippen LogP contribution is 2.37. The average molecular weight is 366 g/mol. The largest absolute Gasteiger partial charge is 0.497 e. The van der Waals surface area contributed by atoms with E-state index in [1.807, 2.05) is 18.2 Å². The van der Waals surface area contributed by atoms with Gasteiger partial charge in [0.25, 0.3) is 5.91 Å². The molecule has 7 heteroatoms. The molecule has 1 aromatic heterocycles. The first-order valence-electron chi connectivity index (χ1n) is 8.23. The summed E-state index contributed by atoms with van der Waals surface area (Å²) in [5.74, 6) is 0.571. The van der Waals surface area contributed by atoms with E-state index in [2.05, 4.69) is 16.3 Å². The van der Waals surface area contributed by atoms with Crippen LogP contribution in [0.1, 0.15) is 36.2 Å². The minimum Gasteiger partial charge on any atom is -0.497 e. The smallest absolute Gasteiger partial charge is 0.288 e. The summed E-state index contributed by atoms with van der Waals surface area (Å²) in [4.78, 5) is 15.3. The fraction of sp³-hybridized carbons (Fsp3) is 0.529. The highest BCUT2D eigenvalue weighted by atomic mass is 35.5. The number of ether oxygens (including phenoxy) is 1. The van der Waals surface area contributed by atoms with Gasteiger partial charge in [0, 0.05) is 29.2 Å². The molecule has 2 aliphatic rings. The SMILES string of the molecule is COc1ccc2c(C(=O)N(Cl)C3CC4CCC(C3)N4C)nsc2c1. The van der Waals surface area contributed by atoms with Gasteiger partial charge in [-0.2, -0.15) is 4.37 Å². The molecule has 2 unspecified atom stereocenters. The van der Waals surface area contributed by atoms with Crippen molar-refractivity contribution in [1.82, 2.24) is 13.7 Å². The molecule has 0 saturated carbocycles. The van der Waals surface area contributed by atoms with Crippen molar-refractivity contribution in [3.05, 3.63) is 23.9 Å². The second-order valence-electron chi connectivity index (χ2n) is 6.69. The predicted molar refractivity (Wildman–Crippen MR) is 95.8 cm³/mol. The van der Waals surface area contributed by atoms with E-state index in [1.165, 1.54) is 28.8 Å². The van der Waals surface area contributed by atoms with Gasteiger partial charge in [-0.3, -0.25) is 4.79 Å². The van der Waals surface area contributed by atoms with Crippen LogP contribution in [0.5, 0.6) is 5.75 Å². The Labute approximate surface area is 150 Å². The molecule has 1 aromatic carbocycles. The Hall–Kier alpha value is -1.37. The predicted octanol–water partition coefficient (Wildman–Crippen LogP) is 3.53. The number of piperidine rings is 1. The summed E-state index contributed by atoms with van der Waals surface area (Å²) in [6, 6.07) is 6.80. The average Bonchev–Trinajstić information content (AvgIpc) is 3.08. The van der Waals surface area contributed by atoms with Crippen LogP contribution in [-0.4, -0.2) is 51.9 Å². The molecule has 4 rings (SSSR count). The third-order valence-electron chi connectivity index (χ3n) is 5.47. The van der Waals surface area contributed by atoms with Gasteiger partial charge < -0.3 is 9.64 Å². The van der Waals surface area contributed by atoms with E-state index < -0.39 is 0 Å². The number of nitrogens with zero attached hydrogens (tertiary/aromatic N) is 3. The number of halogens is 1. The summed E-state index contributed by atoms with van der Waals surface area (Å²) in [5.41, 5.74) is 0.443. The summed E-state index contributed by atoms with van der Waals surface area (Å²) in [6.07, 6.45) is 4.29. The van der Waals surface area contributed by atoms with Gasteiger partial charge in [0.15, 0.2) is 5.69 Å². The van der Waals surface area contributed by atoms with Crippen molar-refractivity contribution in [2.75, 3.05) is 14.2 Å². The standard InChI is InChI=1S/C17H20ClN3O2S/c1-20-10-3-4-11(20)8-12(7-10)21(18)17(22)16-14-6-5-13(23-2)9-15(14)24-19-16/h5-6,9-12H,3-4,7-8H2,1-2H3. The van der Waals surface area contributed by atoms with Crippen LogP contribution in [-0.2, 0) is 0 Å². The number of carbonyl (C=O) groups excluding carboxylic acids is 1. The van der Waals surface area contributed by atoms with Crippen LogP contribution in [0, 0.1) is 0 Å². The Bertz CT molecular complexity index is 766. The molecule has 1 amide bonds. The number of hydrogen-bond donors (Lipinski definition) is 0. The van der Waals surface area contributed by atoms with Crippen LogP contribution in [0.4, 0.5) is 0 Å². The Balaban J connectivity index is 1.57. The van der Waals surface area contributed by atoms with E-state index in [9.17, 15) is 4.79 Å². The zero-order chi connectivity index (χ0) is 16.8. The van der Waals surface area contributed by atoms with Gasteiger partial charge in [0.05, 0.1) is 17.9 Å². The molecule has 3 heterocycles. The Morgan fingerprint density at radius 2 is 2.08 bits per heavy atom. The molecule has 2 saturated heterocycles. The minimum absolute atomic E-state index is 0.0860. The number of rotatable bonds is 3. The van der Waals surface area contributed by atoms with Crippen molar-refractivity contribution < 1.29 is 9.53 Å². The van der Waals surface area contributed by atoms with E-state index in [4.69, 9.17) is 16.5 Å². The Morgan fingerprint density at radius 3 is 2.75 bits per heavy atom. The van der Waals surface area contributed by atoms with Gasteiger partial charge >= 0.3 is 0 Å². The van der Waals surface area contributed by atoms with Crippen molar-refractivity contribution in [3.8, 4) is 5.75 Å². The maximum absolute atomic E-state index is 12.9. The normalized spacial score (nSPS) is 26.7. The third kappa shape index (κ3) is 2.57. The van der Waals surface area contributed by atoms with Gasteiger partial charge in [-0.1, -0.05) is 0 Å². The molecule has 2 fully saturated rings. The van der Waals surface area contributed by atoms with Crippen LogP contribution < -0.4 is 4.74 Å². The van der Waals surface area contributed by atoms with Crippen LogP contribution in [0.25, 0.3) is 10.1 Å². The van der Waals surface area contributed by atoms with Gasteiger partial charge in [-0.05, 0) is 62.5 Å². The number of methoxy groups -OCH3 is 1. The van der Waals surface area contributed by atoms with Gasteiger partial charge in [-0.25, -0.2) is 4.42 Å². The van der Waals surface area contributed by atoms with Crippen LogP contribution in [0.15, 0.2) is 18.2 Å². The second kappa shape index (κ2) is 6.17. The summed E-state index contributed by atoms with van der Waals surface area (Å²) >= 11 is 7.78. The van der Waals surface area contributed by atoms with Crippen molar-refractivity contribution in [2.24, 2.45) is 0 Å². The fourth-order valence-electron chi connectivity index (χ4n) is 4.03. The van der Waals surface area contributed by atoms with Crippen molar-refractivity contribution in [1.29, 1.82) is 0 Å². The number of hydrogen-bond acceptors (Lipinski definition) is 5. The molecule has 0 radical (unpaired) electrons. The molecule has 2 aromatic rings. The van der Waals surface area contributed by atoms with Crippen LogP contribution >= 0.6 is 23.3 Å². The van der Waals surface area contributed by atoms with E-state index >= 15 is 0 Å². The molecule has 2 atom stereocenters. The highest BCUT2D eigenvalue weighted by molar-refractivity contribution is 7.13. The lowest BCUT2D eigenvalue weighted by atomic mass is 9.97. The van der Waals surface area contributed by atoms with Crippen molar-refractivity contribution in [2.45, 2.75) is 43.8 Å². The molecule has 0 N–H and O–H groups in total. The van der Waals surface area contributed by atoms with E-state index in [-0.39, 0.29) is 11.9 Å². The molecular formula is C17H20ClN3O2S. The first-order chi connectivity index (χ1) is 11.6. The van der Waals surface area contributed by atoms with Gasteiger partial charge in [-0.15, -0.1) is 0 Å². The third-order valence-corrected chi connectivity index (χ3v) is 6.71. The molecular weight excluding hydrogens is 346 g/mol. The van der Waals surface area contributed by atoms with Crippen molar-refractivity contribution >= 4 is 39.3 Å². The van der Waals surface area contributed by atoms with Crippen LogP contribution in [0.2, 0.25) is 0 Å². The molecule has 24 heavy (non-hydrogen) atoms. The van der Waals surface area contributed by atoms with Gasteiger partial charge in [0.1, 0.15) is 5.75 Å². The number of carbonyl (C=O) groups is 1. The number of aromatic nitrogens is 1. The summed E-state index contributed by atoms with van der Waals surface area (Å²) in [7, 11) is 3.81. The zero-order valence-electron chi connectivity index (χ0n) is 13.7. The van der Waals surface area contributed by atoms with Crippen molar-refractivity contribution in [3.63, 3.8) is 0 Å². The number of benzene rings is 1. The van der Waals surface area contributed by atoms with Crippen LogP contribution in [0.3, 0.4) is 0 Å². The lowest BCUT2D eigenvalue weighted by Gasteiger charge is -2.38. The molecule has 128 valence electrons. The first-order valence-corrected chi connectivity index (χ1v) is 9.34. The molecule has 2 aliphatic heterocycles. The van der Waals surface area contributed by atoms with Gasteiger partial charge in [0.2, 0.25) is 0 Å². The Kier molecular flexibility index (Phi) is 4.14. The quantitative estimate of drug-likeness (QED) is 0.781. The Morgan fingerprint density at radius 1 is 1.38 bits per heavy atom. The number of fused-ring (bicyclic) bond motifs is 3. The maximum Gasteiger partial charge on any atom is 0.288 e. The molecule has 5 nitrogen and oxygen atoms in total. The summed E-state index contributed by atoms with van der Waals surface area (Å²) in [5, 5.41) is 0.840. The van der Waals surface area contributed by atoms with E-state index in [1.54, 1.807) is 7.11 Å². The summed E-state index contributed by atoms with van der Waals surface area (Å²) in [6.45, 7) is 0. The lowest BCUT2D eigenvalue weighted by molar-refractivity contribution is 0.0702.